The van der Waals surface area contributed by atoms with Gasteiger partial charge in [-0.3, -0.25) is 0 Å². The van der Waals surface area contributed by atoms with E-state index in [0.717, 1.165) is 6.07 Å². The maximum atomic E-state index is 14.3. The zero-order chi connectivity index (χ0) is 15.1. The van der Waals surface area contributed by atoms with Crippen LogP contribution < -0.4 is 4.74 Å². The highest BCUT2D eigenvalue weighted by atomic mass is 19.1. The van der Waals surface area contributed by atoms with Crippen molar-refractivity contribution in [2.45, 2.75) is 18.7 Å². The molecule has 0 amide bonds. The minimum absolute atomic E-state index is 0.0756. The van der Waals surface area contributed by atoms with E-state index in [1.807, 2.05) is 0 Å². The predicted molar refractivity (Wildman–Crippen MR) is 71.5 cm³/mol. The maximum absolute atomic E-state index is 14.3. The molecule has 0 radical (unpaired) electrons. The van der Waals surface area contributed by atoms with E-state index in [1.165, 1.54) is 24.3 Å². The summed E-state index contributed by atoms with van der Waals surface area (Å²) < 4.78 is 19.8. The Bertz CT molecular complexity index is 701. The molecule has 2 atom stereocenters. The molecule has 110 valence electrons. The quantitative estimate of drug-likeness (QED) is 0.606. The molecule has 2 unspecified atom stereocenters. The van der Waals surface area contributed by atoms with E-state index in [9.17, 15) is 24.8 Å². The molecule has 1 aliphatic rings. The van der Waals surface area contributed by atoms with Crippen molar-refractivity contribution >= 4 is 0 Å². The third-order valence-corrected chi connectivity index (χ3v) is 3.48. The van der Waals surface area contributed by atoms with Gasteiger partial charge in [0, 0.05) is 24.1 Å². The number of ether oxygens (including phenoxy) is 1. The predicted octanol–water partition coefficient (Wildman–Crippen LogP) is 2.52. The Morgan fingerprint density at radius 1 is 0.952 bits per heavy atom. The number of hydrogen-bond donors (Lipinski definition) is 4. The van der Waals surface area contributed by atoms with Gasteiger partial charge in [0.2, 0.25) is 0 Å². The minimum atomic E-state index is -1.43. The van der Waals surface area contributed by atoms with Crippen LogP contribution in [-0.2, 0) is 6.42 Å². The van der Waals surface area contributed by atoms with Crippen LogP contribution in [0.5, 0.6) is 28.7 Å². The summed E-state index contributed by atoms with van der Waals surface area (Å²) >= 11 is 0. The number of halogens is 1. The second kappa shape index (κ2) is 4.73. The van der Waals surface area contributed by atoms with Crippen molar-refractivity contribution in [1.82, 2.24) is 0 Å². The number of phenols is 4. The average molecular weight is 292 g/mol. The SMILES string of the molecule is Oc1cc(O)c2c(c1)OC(c1ccc(O)c(O)c1)C(F)C2. The van der Waals surface area contributed by atoms with Gasteiger partial charge in [-0.05, 0) is 17.7 Å². The Morgan fingerprint density at radius 3 is 2.43 bits per heavy atom. The number of hydrogen-bond acceptors (Lipinski definition) is 5. The smallest absolute Gasteiger partial charge is 0.157 e. The first-order valence-corrected chi connectivity index (χ1v) is 6.33. The highest BCUT2D eigenvalue weighted by Crippen LogP contribution is 2.43. The van der Waals surface area contributed by atoms with Gasteiger partial charge in [0.15, 0.2) is 17.6 Å². The summed E-state index contributed by atoms with van der Waals surface area (Å²) in [6.07, 6.45) is -2.50. The van der Waals surface area contributed by atoms with Crippen molar-refractivity contribution in [1.29, 1.82) is 0 Å². The molecule has 0 saturated heterocycles. The lowest BCUT2D eigenvalue weighted by Crippen LogP contribution is -2.27. The van der Waals surface area contributed by atoms with E-state index in [1.54, 1.807) is 0 Å². The van der Waals surface area contributed by atoms with Gasteiger partial charge >= 0.3 is 0 Å². The lowest BCUT2D eigenvalue weighted by atomic mass is 9.95. The molecular weight excluding hydrogens is 279 g/mol. The van der Waals surface area contributed by atoms with E-state index < -0.39 is 12.3 Å². The molecule has 0 spiro atoms. The van der Waals surface area contributed by atoms with Crippen LogP contribution in [0.25, 0.3) is 0 Å². The van der Waals surface area contributed by atoms with Crippen molar-refractivity contribution in [3.8, 4) is 28.7 Å². The molecule has 0 aromatic heterocycles. The second-order valence-corrected chi connectivity index (χ2v) is 4.95. The molecule has 1 aliphatic heterocycles. The molecule has 2 aromatic rings. The van der Waals surface area contributed by atoms with Gasteiger partial charge < -0.3 is 25.2 Å². The van der Waals surface area contributed by atoms with Gasteiger partial charge in [-0.15, -0.1) is 0 Å². The minimum Gasteiger partial charge on any atom is -0.508 e. The summed E-state index contributed by atoms with van der Waals surface area (Å²) in [6, 6.07) is 6.34. The number of phenolic OH excluding ortho intramolecular Hbond substituents is 4. The molecule has 0 saturated carbocycles. The van der Waals surface area contributed by atoms with Crippen molar-refractivity contribution in [2.75, 3.05) is 0 Å². The van der Waals surface area contributed by atoms with Crippen LogP contribution in [0.4, 0.5) is 4.39 Å². The third kappa shape index (κ3) is 2.29. The monoisotopic (exact) mass is 292 g/mol. The number of aromatic hydroxyl groups is 4. The lowest BCUT2D eigenvalue weighted by molar-refractivity contribution is 0.0796. The molecule has 0 bridgehead atoms. The first kappa shape index (κ1) is 13.4. The normalized spacial score (nSPS) is 20.6. The van der Waals surface area contributed by atoms with E-state index >= 15 is 0 Å². The molecule has 4 N–H and O–H groups in total. The van der Waals surface area contributed by atoms with Crippen LogP contribution in [0, 0.1) is 0 Å². The molecular formula is C15H13FO5. The Morgan fingerprint density at radius 2 is 1.71 bits per heavy atom. The highest BCUT2D eigenvalue weighted by Gasteiger charge is 2.33. The zero-order valence-corrected chi connectivity index (χ0v) is 10.8. The Labute approximate surface area is 119 Å². The topological polar surface area (TPSA) is 90.2 Å². The Hall–Kier alpha value is -2.63. The van der Waals surface area contributed by atoms with Gasteiger partial charge in [0.05, 0.1) is 0 Å². The van der Waals surface area contributed by atoms with Gasteiger partial charge in [0.1, 0.15) is 23.4 Å². The number of alkyl halides is 1. The molecule has 2 aromatic carbocycles. The first-order chi connectivity index (χ1) is 9.95. The summed E-state index contributed by atoms with van der Waals surface area (Å²) in [7, 11) is 0. The summed E-state index contributed by atoms with van der Waals surface area (Å²) in [5.74, 6) is -0.886. The van der Waals surface area contributed by atoms with Gasteiger partial charge in [-0.25, -0.2) is 4.39 Å². The standard InChI is InChI=1S/C15H13FO5/c16-10-6-9-12(19)4-8(17)5-14(9)21-15(10)7-1-2-11(18)13(20)3-7/h1-5,10,15,17-20H,6H2. The van der Waals surface area contributed by atoms with Crippen molar-refractivity contribution in [3.63, 3.8) is 0 Å². The van der Waals surface area contributed by atoms with Crippen LogP contribution in [0.15, 0.2) is 30.3 Å². The Kier molecular flexibility index (Phi) is 3.01. The van der Waals surface area contributed by atoms with Crippen molar-refractivity contribution < 1.29 is 29.6 Å². The fourth-order valence-electron chi connectivity index (χ4n) is 2.43. The third-order valence-electron chi connectivity index (χ3n) is 3.48. The number of rotatable bonds is 1. The van der Waals surface area contributed by atoms with Crippen molar-refractivity contribution in [2.24, 2.45) is 0 Å². The van der Waals surface area contributed by atoms with Crippen LogP contribution in [0.1, 0.15) is 17.2 Å². The van der Waals surface area contributed by atoms with Gasteiger partial charge in [-0.1, -0.05) is 6.07 Å². The Balaban J connectivity index is 2.00. The fraction of sp³-hybridized carbons (Fsp3) is 0.200. The van der Waals surface area contributed by atoms with E-state index in [2.05, 4.69) is 0 Å². The van der Waals surface area contributed by atoms with E-state index in [0.29, 0.717) is 11.1 Å². The van der Waals surface area contributed by atoms with Crippen LogP contribution in [0.3, 0.4) is 0 Å². The molecule has 1 heterocycles. The lowest BCUT2D eigenvalue weighted by Gasteiger charge is -2.30. The summed E-state index contributed by atoms with van der Waals surface area (Å²) in [4.78, 5) is 0. The molecule has 6 heteroatoms. The number of benzene rings is 2. The van der Waals surface area contributed by atoms with E-state index in [-0.39, 0.29) is 35.2 Å². The molecule has 3 rings (SSSR count). The molecule has 21 heavy (non-hydrogen) atoms. The van der Waals surface area contributed by atoms with Crippen LogP contribution in [-0.4, -0.2) is 26.6 Å². The molecule has 0 aliphatic carbocycles. The summed E-state index contributed by atoms with van der Waals surface area (Å²) in [5.41, 5.74) is 0.644. The van der Waals surface area contributed by atoms with Crippen LogP contribution in [0.2, 0.25) is 0 Å². The number of fused-ring (bicyclic) bond motifs is 1. The molecule has 0 fully saturated rings. The summed E-state index contributed by atoms with van der Waals surface area (Å²) in [5, 5.41) is 38.0. The van der Waals surface area contributed by atoms with Gasteiger partial charge in [-0.2, -0.15) is 0 Å². The van der Waals surface area contributed by atoms with E-state index in [4.69, 9.17) is 4.74 Å². The zero-order valence-electron chi connectivity index (χ0n) is 10.8. The molecule has 5 nitrogen and oxygen atoms in total. The van der Waals surface area contributed by atoms with Crippen molar-refractivity contribution in [3.05, 3.63) is 41.5 Å². The van der Waals surface area contributed by atoms with Gasteiger partial charge in [0.25, 0.3) is 0 Å². The first-order valence-electron chi connectivity index (χ1n) is 6.33. The highest BCUT2D eigenvalue weighted by molar-refractivity contribution is 5.52. The maximum Gasteiger partial charge on any atom is 0.157 e. The second-order valence-electron chi connectivity index (χ2n) is 4.95. The van der Waals surface area contributed by atoms with Crippen LogP contribution >= 0.6 is 0 Å². The summed E-state index contributed by atoms with van der Waals surface area (Å²) in [6.45, 7) is 0. The average Bonchev–Trinajstić information content (AvgIpc) is 2.42. The fourth-order valence-corrected chi connectivity index (χ4v) is 2.43. The largest absolute Gasteiger partial charge is 0.508 e.